The number of hydrogen-bond donors (Lipinski definition) is 1. The molecule has 0 bridgehead atoms. The molecule has 0 aromatic heterocycles. The van der Waals surface area contributed by atoms with Crippen LogP contribution in [0.4, 0.5) is 5.69 Å². The lowest BCUT2D eigenvalue weighted by molar-refractivity contribution is -0.133. The number of rotatable bonds is 3. The van der Waals surface area contributed by atoms with Gasteiger partial charge in [0.15, 0.2) is 0 Å². The Kier molecular flexibility index (Phi) is 4.75. The van der Waals surface area contributed by atoms with Gasteiger partial charge in [-0.1, -0.05) is 23.2 Å². The summed E-state index contributed by atoms with van der Waals surface area (Å²) in [5.41, 5.74) is -0.812. The van der Waals surface area contributed by atoms with Crippen LogP contribution in [0.5, 0.6) is 0 Å². The van der Waals surface area contributed by atoms with E-state index >= 15 is 0 Å². The van der Waals surface area contributed by atoms with Gasteiger partial charge < -0.3 is 10.1 Å². The first-order valence-electron chi connectivity index (χ1n) is 6.02. The van der Waals surface area contributed by atoms with E-state index in [2.05, 4.69) is 5.32 Å². The number of hydrogen-bond acceptors (Lipinski definition) is 4. The second kappa shape index (κ2) is 5.93. The molecule has 0 saturated carbocycles. The predicted octanol–water partition coefficient (Wildman–Crippen LogP) is 3.43. The number of nitrogens with one attached hydrogen (secondary N) is 1. The molecule has 0 spiro atoms. The molecule has 1 aliphatic rings. The summed E-state index contributed by atoms with van der Waals surface area (Å²) < 4.78 is 28.0. The average Bonchev–Trinajstić information content (AvgIpc) is 2.80. The van der Waals surface area contributed by atoms with Crippen LogP contribution in [0.25, 0.3) is 0 Å². The minimum Gasteiger partial charge on any atom is -0.365 e. The zero-order valence-electron chi connectivity index (χ0n) is 11.0. The Balaban J connectivity index is 2.31. The van der Waals surface area contributed by atoms with Crippen molar-refractivity contribution in [1.82, 2.24) is 0 Å². The van der Waals surface area contributed by atoms with Crippen molar-refractivity contribution in [2.45, 2.75) is 30.3 Å². The first kappa shape index (κ1) is 16.8. The van der Waals surface area contributed by atoms with Gasteiger partial charge >= 0.3 is 0 Å². The third-order valence-corrected chi connectivity index (χ3v) is 5.16. The van der Waals surface area contributed by atoms with Gasteiger partial charge in [-0.3, -0.25) is 4.79 Å². The molecule has 1 aliphatic heterocycles. The summed E-state index contributed by atoms with van der Waals surface area (Å²) in [6.45, 7) is 2.18. The summed E-state index contributed by atoms with van der Waals surface area (Å²) in [7, 11) is 1.28. The zero-order chi connectivity index (χ0) is 15.8. The smallest absolute Gasteiger partial charge is 0.261 e. The van der Waals surface area contributed by atoms with Gasteiger partial charge in [0, 0.05) is 17.3 Å². The second-order valence-corrected chi connectivity index (χ2v) is 8.22. The monoisotopic (exact) mass is 371 g/mol. The highest BCUT2D eigenvalue weighted by molar-refractivity contribution is 8.13. The molecule has 2 rings (SSSR count). The van der Waals surface area contributed by atoms with Gasteiger partial charge in [-0.15, -0.1) is 0 Å². The van der Waals surface area contributed by atoms with E-state index < -0.39 is 14.7 Å². The van der Waals surface area contributed by atoms with E-state index in [4.69, 9.17) is 38.6 Å². The molecule has 1 unspecified atom stereocenters. The predicted molar refractivity (Wildman–Crippen MR) is 81.7 cm³/mol. The summed E-state index contributed by atoms with van der Waals surface area (Å²) in [6, 6.07) is 2.26. The average molecular weight is 373 g/mol. The number of anilines is 1. The first-order valence-corrected chi connectivity index (χ1v) is 9.09. The Hall–Kier alpha value is -0.530. The van der Waals surface area contributed by atoms with Crippen LogP contribution >= 0.6 is 33.9 Å². The molecular formula is C12H12Cl3NO4S. The molecule has 1 heterocycles. The SMILES string of the molecule is CC1(C(=O)Nc2c(Cl)cc(S(=O)(=O)Cl)cc2Cl)CCCO1. The van der Waals surface area contributed by atoms with Crippen LogP contribution in [0.1, 0.15) is 19.8 Å². The van der Waals surface area contributed by atoms with Crippen molar-refractivity contribution in [3.8, 4) is 0 Å². The molecule has 0 aliphatic carbocycles. The number of halogens is 3. The number of carbonyl (C=O) groups excluding carboxylic acids is 1. The fraction of sp³-hybridized carbons (Fsp3) is 0.417. The van der Waals surface area contributed by atoms with E-state index in [1.165, 1.54) is 0 Å². The van der Waals surface area contributed by atoms with Gasteiger partial charge in [-0.05, 0) is 31.9 Å². The maximum atomic E-state index is 12.2. The standard InChI is InChI=1S/C12H12Cl3NO4S/c1-12(3-2-4-20-12)11(17)16-10-8(13)5-7(6-9(10)14)21(15,18)19/h5-6H,2-4H2,1H3,(H,16,17). The highest BCUT2D eigenvalue weighted by Crippen LogP contribution is 2.36. The fourth-order valence-electron chi connectivity index (χ4n) is 2.01. The molecular weight excluding hydrogens is 361 g/mol. The molecule has 116 valence electrons. The van der Waals surface area contributed by atoms with Crippen molar-refractivity contribution >= 4 is 54.5 Å². The molecule has 1 amide bonds. The lowest BCUT2D eigenvalue weighted by atomic mass is 10.0. The molecule has 1 N–H and O–H groups in total. The van der Waals surface area contributed by atoms with Gasteiger partial charge in [0.2, 0.25) is 0 Å². The van der Waals surface area contributed by atoms with Crippen LogP contribution in [0.3, 0.4) is 0 Å². The zero-order valence-corrected chi connectivity index (χ0v) is 14.0. The van der Waals surface area contributed by atoms with Crippen LogP contribution in [0, 0.1) is 0 Å². The van der Waals surface area contributed by atoms with Crippen LogP contribution in [-0.2, 0) is 18.6 Å². The van der Waals surface area contributed by atoms with Crippen molar-refractivity contribution in [1.29, 1.82) is 0 Å². The van der Waals surface area contributed by atoms with Crippen molar-refractivity contribution in [3.63, 3.8) is 0 Å². The molecule has 1 saturated heterocycles. The molecule has 5 nitrogen and oxygen atoms in total. The topological polar surface area (TPSA) is 72.5 Å². The third-order valence-electron chi connectivity index (χ3n) is 3.23. The van der Waals surface area contributed by atoms with Crippen LogP contribution < -0.4 is 5.32 Å². The highest BCUT2D eigenvalue weighted by atomic mass is 35.7. The molecule has 9 heteroatoms. The van der Waals surface area contributed by atoms with Gasteiger partial charge in [0.1, 0.15) is 5.60 Å². The van der Waals surface area contributed by atoms with Gasteiger partial charge in [-0.25, -0.2) is 8.42 Å². The Bertz CT molecular complexity index is 661. The largest absolute Gasteiger partial charge is 0.365 e. The molecule has 0 radical (unpaired) electrons. The van der Waals surface area contributed by atoms with Crippen LogP contribution in [0.15, 0.2) is 17.0 Å². The van der Waals surface area contributed by atoms with E-state index in [1.54, 1.807) is 6.92 Å². The molecule has 1 aromatic rings. The summed E-state index contributed by atoms with van der Waals surface area (Å²) in [4.78, 5) is 12.0. The van der Waals surface area contributed by atoms with E-state index in [0.29, 0.717) is 13.0 Å². The van der Waals surface area contributed by atoms with Crippen molar-refractivity contribution in [2.24, 2.45) is 0 Å². The Morgan fingerprint density at radius 3 is 2.33 bits per heavy atom. The maximum Gasteiger partial charge on any atom is 0.261 e. The quantitative estimate of drug-likeness (QED) is 0.825. The fourth-order valence-corrected chi connectivity index (χ4v) is 3.51. The van der Waals surface area contributed by atoms with Gasteiger partial charge in [-0.2, -0.15) is 0 Å². The number of carbonyl (C=O) groups is 1. The number of benzene rings is 1. The summed E-state index contributed by atoms with van der Waals surface area (Å²) in [5, 5.41) is 2.54. The third kappa shape index (κ3) is 3.63. The summed E-state index contributed by atoms with van der Waals surface area (Å²) in [6.07, 6.45) is 1.37. The Morgan fingerprint density at radius 2 is 1.90 bits per heavy atom. The van der Waals surface area contributed by atoms with Crippen LogP contribution in [0.2, 0.25) is 10.0 Å². The lowest BCUT2D eigenvalue weighted by Gasteiger charge is -2.22. The summed E-state index contributed by atoms with van der Waals surface area (Å²) in [5.74, 6) is -0.384. The highest BCUT2D eigenvalue weighted by Gasteiger charge is 2.38. The van der Waals surface area contributed by atoms with E-state index in [-0.39, 0.29) is 26.5 Å². The van der Waals surface area contributed by atoms with Crippen LogP contribution in [-0.4, -0.2) is 26.5 Å². The maximum absolute atomic E-state index is 12.2. The van der Waals surface area contributed by atoms with Crippen molar-refractivity contribution in [3.05, 3.63) is 22.2 Å². The van der Waals surface area contributed by atoms with Crippen molar-refractivity contribution in [2.75, 3.05) is 11.9 Å². The minimum atomic E-state index is -3.95. The van der Waals surface area contributed by atoms with Crippen molar-refractivity contribution < 1.29 is 17.9 Å². The second-order valence-electron chi connectivity index (χ2n) is 4.84. The molecule has 1 fully saturated rings. The lowest BCUT2D eigenvalue weighted by Crippen LogP contribution is -2.39. The first-order chi connectivity index (χ1) is 9.63. The van der Waals surface area contributed by atoms with E-state index in [1.807, 2.05) is 0 Å². The number of ether oxygens (including phenoxy) is 1. The number of amides is 1. The van der Waals surface area contributed by atoms with Gasteiger partial charge in [0.25, 0.3) is 15.0 Å². The molecule has 1 aromatic carbocycles. The Morgan fingerprint density at radius 1 is 1.33 bits per heavy atom. The molecule has 21 heavy (non-hydrogen) atoms. The molecule has 1 atom stereocenters. The minimum absolute atomic E-state index is 0.0170. The Labute approximate surface area is 136 Å². The summed E-state index contributed by atoms with van der Waals surface area (Å²) >= 11 is 11.9. The normalized spacial score (nSPS) is 22.3. The van der Waals surface area contributed by atoms with E-state index in [0.717, 1.165) is 18.6 Å². The van der Waals surface area contributed by atoms with Gasteiger partial charge in [0.05, 0.1) is 20.6 Å². The van der Waals surface area contributed by atoms with E-state index in [9.17, 15) is 13.2 Å².